The van der Waals surface area contributed by atoms with Crippen molar-refractivity contribution >= 4 is 11.8 Å². The van der Waals surface area contributed by atoms with Gasteiger partial charge in [0.2, 0.25) is 0 Å². The first-order chi connectivity index (χ1) is 9.09. The van der Waals surface area contributed by atoms with Gasteiger partial charge in [0.15, 0.2) is 0 Å². The number of nitrogens with one attached hydrogen (secondary N) is 1. The fraction of sp³-hybridized carbons (Fsp3) is 0.600. The molecule has 1 N–H and O–H groups in total. The molecule has 0 bridgehead atoms. The Kier molecular flexibility index (Phi) is 4.08. The zero-order valence-electron chi connectivity index (χ0n) is 12.0. The minimum atomic E-state index is -0.705. The molecule has 19 heavy (non-hydrogen) atoms. The monoisotopic (exact) mass is 262 g/mol. The Hall–Kier alpha value is -1.58. The first-order valence-electron chi connectivity index (χ1n) is 6.94. The quantitative estimate of drug-likeness (QED) is 0.829. The zero-order valence-corrected chi connectivity index (χ0v) is 12.0. The molecule has 1 aliphatic carbocycles. The van der Waals surface area contributed by atoms with Crippen molar-refractivity contribution < 1.29 is 9.53 Å². The van der Waals surface area contributed by atoms with Gasteiger partial charge in [-0.25, -0.2) is 9.78 Å². The van der Waals surface area contributed by atoms with Crippen molar-refractivity contribution in [2.24, 2.45) is 0 Å². The van der Waals surface area contributed by atoms with Crippen LogP contribution in [0, 0.1) is 0 Å². The predicted molar refractivity (Wildman–Crippen MR) is 75.2 cm³/mol. The van der Waals surface area contributed by atoms with E-state index in [0.29, 0.717) is 0 Å². The Morgan fingerprint density at radius 1 is 1.47 bits per heavy atom. The first-order valence-corrected chi connectivity index (χ1v) is 6.94. The molecule has 0 spiro atoms. The van der Waals surface area contributed by atoms with Crippen molar-refractivity contribution in [3.05, 3.63) is 23.4 Å². The van der Waals surface area contributed by atoms with Crippen molar-refractivity contribution in [1.29, 1.82) is 0 Å². The molecular weight excluding hydrogens is 240 g/mol. The summed E-state index contributed by atoms with van der Waals surface area (Å²) in [6.07, 6.45) is 4.95. The Bertz CT molecular complexity index is 473. The number of aryl methyl sites for hydroxylation is 2. The largest absolute Gasteiger partial charge is 0.467 e. The Morgan fingerprint density at radius 3 is 2.95 bits per heavy atom. The molecule has 1 atom stereocenters. The highest BCUT2D eigenvalue weighted by Crippen LogP contribution is 2.25. The maximum atomic E-state index is 11.9. The van der Waals surface area contributed by atoms with Crippen LogP contribution in [-0.2, 0) is 22.4 Å². The third-order valence-corrected chi connectivity index (χ3v) is 3.72. The predicted octanol–water partition coefficient (Wildman–Crippen LogP) is 2.71. The van der Waals surface area contributed by atoms with E-state index in [2.05, 4.69) is 23.3 Å². The number of ether oxygens (including phenoxy) is 1. The van der Waals surface area contributed by atoms with Gasteiger partial charge in [-0.2, -0.15) is 0 Å². The van der Waals surface area contributed by atoms with Crippen LogP contribution in [0.5, 0.6) is 0 Å². The molecule has 0 saturated heterocycles. The van der Waals surface area contributed by atoms with Gasteiger partial charge in [0.05, 0.1) is 7.11 Å². The summed E-state index contributed by atoms with van der Waals surface area (Å²) in [5, 5.41) is 3.25. The lowest BCUT2D eigenvalue weighted by molar-refractivity contribution is -0.145. The SMILES string of the molecule is CCCC(C)(Nc1ccc2c(n1)CCC2)C(=O)OC. The number of carbonyl (C=O) groups excluding carboxylic acids is 1. The van der Waals surface area contributed by atoms with Crippen LogP contribution in [0.2, 0.25) is 0 Å². The van der Waals surface area contributed by atoms with Crippen LogP contribution in [-0.4, -0.2) is 23.6 Å². The van der Waals surface area contributed by atoms with E-state index < -0.39 is 5.54 Å². The normalized spacial score (nSPS) is 16.6. The summed E-state index contributed by atoms with van der Waals surface area (Å²) in [7, 11) is 1.42. The number of nitrogens with zero attached hydrogens (tertiary/aromatic N) is 1. The molecule has 1 unspecified atom stereocenters. The van der Waals surface area contributed by atoms with Crippen molar-refractivity contribution in [3.8, 4) is 0 Å². The van der Waals surface area contributed by atoms with Gasteiger partial charge >= 0.3 is 5.97 Å². The molecule has 1 aromatic rings. The van der Waals surface area contributed by atoms with E-state index >= 15 is 0 Å². The van der Waals surface area contributed by atoms with E-state index in [1.807, 2.05) is 13.0 Å². The average molecular weight is 262 g/mol. The van der Waals surface area contributed by atoms with Gasteiger partial charge in [-0.1, -0.05) is 19.4 Å². The Labute approximate surface area is 114 Å². The second kappa shape index (κ2) is 5.59. The third-order valence-electron chi connectivity index (χ3n) is 3.72. The molecule has 0 radical (unpaired) electrons. The Balaban J connectivity index is 2.19. The number of methoxy groups -OCH3 is 1. The topological polar surface area (TPSA) is 51.2 Å². The molecule has 2 rings (SSSR count). The lowest BCUT2D eigenvalue weighted by Gasteiger charge is -2.28. The highest BCUT2D eigenvalue weighted by atomic mass is 16.5. The molecule has 1 aliphatic rings. The third kappa shape index (κ3) is 2.88. The van der Waals surface area contributed by atoms with Crippen LogP contribution in [0.15, 0.2) is 12.1 Å². The first kappa shape index (κ1) is 13.8. The summed E-state index contributed by atoms with van der Waals surface area (Å²) < 4.78 is 4.90. The van der Waals surface area contributed by atoms with Crippen molar-refractivity contribution in [2.45, 2.75) is 51.5 Å². The van der Waals surface area contributed by atoms with Gasteiger partial charge in [0.1, 0.15) is 11.4 Å². The summed E-state index contributed by atoms with van der Waals surface area (Å²) in [4.78, 5) is 16.6. The van der Waals surface area contributed by atoms with E-state index in [9.17, 15) is 4.79 Å². The summed E-state index contributed by atoms with van der Waals surface area (Å²) >= 11 is 0. The fourth-order valence-corrected chi connectivity index (χ4v) is 2.71. The molecule has 1 heterocycles. The lowest BCUT2D eigenvalue weighted by Crippen LogP contribution is -2.44. The van der Waals surface area contributed by atoms with Gasteiger partial charge in [-0.3, -0.25) is 0 Å². The van der Waals surface area contributed by atoms with Gasteiger partial charge in [-0.15, -0.1) is 0 Å². The van der Waals surface area contributed by atoms with Gasteiger partial charge in [-0.05, 0) is 44.2 Å². The molecular formula is C15H22N2O2. The average Bonchev–Trinajstić information content (AvgIpc) is 2.85. The second-order valence-corrected chi connectivity index (χ2v) is 5.35. The lowest BCUT2D eigenvalue weighted by atomic mass is 9.96. The Morgan fingerprint density at radius 2 is 2.26 bits per heavy atom. The van der Waals surface area contributed by atoms with Crippen molar-refractivity contribution in [3.63, 3.8) is 0 Å². The number of hydrogen-bond acceptors (Lipinski definition) is 4. The number of esters is 1. The fourth-order valence-electron chi connectivity index (χ4n) is 2.71. The molecule has 0 fully saturated rings. The van der Waals surface area contributed by atoms with Gasteiger partial charge in [0.25, 0.3) is 0 Å². The summed E-state index contributed by atoms with van der Waals surface area (Å²) in [6, 6.07) is 4.07. The standard InChI is InChI=1S/C15H22N2O2/c1-4-10-15(2,14(18)19-3)17-13-9-8-11-6-5-7-12(11)16-13/h8-9H,4-7,10H2,1-3H3,(H,16,17). The van der Waals surface area contributed by atoms with Crippen molar-refractivity contribution in [2.75, 3.05) is 12.4 Å². The number of hydrogen-bond donors (Lipinski definition) is 1. The molecule has 104 valence electrons. The van der Waals surface area contributed by atoms with E-state index in [1.54, 1.807) is 0 Å². The minimum Gasteiger partial charge on any atom is -0.467 e. The summed E-state index contributed by atoms with van der Waals surface area (Å²) in [5.41, 5.74) is 1.79. The highest BCUT2D eigenvalue weighted by Gasteiger charge is 2.33. The number of aromatic nitrogens is 1. The molecule has 0 aromatic carbocycles. The maximum Gasteiger partial charge on any atom is 0.331 e. The molecule has 0 saturated carbocycles. The number of carbonyl (C=O) groups is 1. The maximum absolute atomic E-state index is 11.9. The van der Waals surface area contributed by atoms with E-state index in [1.165, 1.54) is 19.1 Å². The van der Waals surface area contributed by atoms with Crippen LogP contribution in [0.25, 0.3) is 0 Å². The number of anilines is 1. The van der Waals surface area contributed by atoms with E-state index in [0.717, 1.165) is 37.2 Å². The van der Waals surface area contributed by atoms with E-state index in [-0.39, 0.29) is 5.97 Å². The number of fused-ring (bicyclic) bond motifs is 1. The molecule has 0 amide bonds. The van der Waals surface area contributed by atoms with Crippen LogP contribution < -0.4 is 5.32 Å². The smallest absolute Gasteiger partial charge is 0.331 e. The van der Waals surface area contributed by atoms with Crippen LogP contribution in [0.3, 0.4) is 0 Å². The summed E-state index contributed by atoms with van der Waals surface area (Å²) in [5.74, 6) is 0.527. The van der Waals surface area contributed by atoms with Crippen LogP contribution >= 0.6 is 0 Å². The van der Waals surface area contributed by atoms with Gasteiger partial charge < -0.3 is 10.1 Å². The van der Waals surface area contributed by atoms with Crippen molar-refractivity contribution in [1.82, 2.24) is 4.98 Å². The van der Waals surface area contributed by atoms with E-state index in [4.69, 9.17) is 4.74 Å². The van der Waals surface area contributed by atoms with Crippen LogP contribution in [0.4, 0.5) is 5.82 Å². The van der Waals surface area contributed by atoms with Gasteiger partial charge in [0, 0.05) is 5.69 Å². The molecule has 1 aromatic heterocycles. The number of pyridine rings is 1. The highest BCUT2D eigenvalue weighted by molar-refractivity contribution is 5.83. The summed E-state index contributed by atoms with van der Waals surface area (Å²) in [6.45, 7) is 3.93. The molecule has 4 heteroatoms. The molecule has 4 nitrogen and oxygen atoms in total. The number of rotatable bonds is 5. The molecule has 0 aliphatic heterocycles. The second-order valence-electron chi connectivity index (χ2n) is 5.35. The van der Waals surface area contributed by atoms with Crippen LogP contribution in [0.1, 0.15) is 44.4 Å². The zero-order chi connectivity index (χ0) is 13.9. The minimum absolute atomic E-state index is 0.239.